The second-order valence-electron chi connectivity index (χ2n) is 10.1. The molecule has 1 aliphatic carbocycles. The van der Waals surface area contributed by atoms with Crippen molar-refractivity contribution in [2.45, 2.75) is 37.2 Å². The molecule has 2 aromatic rings. The molecule has 0 saturated carbocycles. The molecule has 0 bridgehead atoms. The highest BCUT2D eigenvalue weighted by Gasteiger charge is 2.30. The monoisotopic (exact) mass is 699 g/mol. The lowest BCUT2D eigenvalue weighted by molar-refractivity contribution is -0.757. The van der Waals surface area contributed by atoms with Gasteiger partial charge in [0, 0.05) is 40.6 Å². The molecule has 2 aromatic carbocycles. The Balaban J connectivity index is 1.75. The van der Waals surface area contributed by atoms with Crippen LogP contribution in [0.3, 0.4) is 0 Å². The molecule has 16 heteroatoms. The summed E-state index contributed by atoms with van der Waals surface area (Å²) in [4.78, 5) is 41.1. The predicted molar refractivity (Wildman–Crippen MR) is 171 cm³/mol. The van der Waals surface area contributed by atoms with Crippen LogP contribution in [0.4, 0.5) is 4.39 Å². The lowest BCUT2D eigenvalue weighted by Gasteiger charge is -2.18. The van der Waals surface area contributed by atoms with E-state index in [9.17, 15) is 36.7 Å². The lowest BCUT2D eigenvalue weighted by Crippen LogP contribution is -2.34. The minimum atomic E-state index is -3.35. The molecule has 0 amide bonds. The van der Waals surface area contributed by atoms with Gasteiger partial charge in [-0.2, -0.15) is 0 Å². The second-order valence-corrected chi connectivity index (χ2v) is 16.0. The third-order valence-electron chi connectivity index (χ3n) is 6.61. The summed E-state index contributed by atoms with van der Waals surface area (Å²) in [6.45, 7) is 1.09. The topological polar surface area (TPSA) is 165 Å². The summed E-state index contributed by atoms with van der Waals surface area (Å²) in [5.74, 6) is -2.29. The minimum Gasteiger partial charge on any atom is -0.462 e. The highest BCUT2D eigenvalue weighted by atomic mass is 33.1. The zero-order valence-electron chi connectivity index (χ0n) is 25.4. The van der Waals surface area contributed by atoms with Gasteiger partial charge >= 0.3 is 11.9 Å². The molecule has 0 aromatic heterocycles. The normalized spacial score (nSPS) is 14.9. The fourth-order valence-electron chi connectivity index (χ4n) is 4.45. The summed E-state index contributed by atoms with van der Waals surface area (Å²) < 4.78 is 64.9. The average molecular weight is 700 g/mol. The highest BCUT2D eigenvalue weighted by Crippen LogP contribution is 2.44. The van der Waals surface area contributed by atoms with E-state index >= 15 is 0 Å². The number of ether oxygens (including phenoxy) is 3. The van der Waals surface area contributed by atoms with Crippen molar-refractivity contribution in [3.8, 4) is 0 Å². The van der Waals surface area contributed by atoms with Crippen molar-refractivity contribution >= 4 is 59.6 Å². The van der Waals surface area contributed by atoms with Gasteiger partial charge in [-0.1, -0.05) is 18.2 Å². The van der Waals surface area contributed by atoms with Crippen LogP contribution in [0, 0.1) is 15.9 Å². The highest BCUT2D eigenvalue weighted by molar-refractivity contribution is 8.71. The molecule has 3 rings (SSSR count). The van der Waals surface area contributed by atoms with Crippen molar-refractivity contribution < 1.29 is 50.7 Å². The number of unbranched alkanes of at least 4 members (excludes halogenated alkanes) is 1. The lowest BCUT2D eigenvalue weighted by atomic mass is 10.0. The molecule has 2 atom stereocenters. The zero-order valence-corrected chi connectivity index (χ0v) is 27.8. The molecule has 0 N–H and O–H groups in total. The molecule has 0 aliphatic heterocycles. The number of nitrogens with zero attached hydrogens (tertiary/aromatic N) is 1. The van der Waals surface area contributed by atoms with Crippen LogP contribution in [0.25, 0.3) is 17.2 Å². The van der Waals surface area contributed by atoms with E-state index < -0.39 is 48.6 Å². The molecular formula is C30H34FNO11S3. The molecular weight excluding hydrogens is 666 g/mol. The fourth-order valence-corrected chi connectivity index (χ4v) is 6.54. The number of hydrogen-bond acceptors (Lipinski definition) is 12. The number of benzene rings is 2. The van der Waals surface area contributed by atoms with Gasteiger partial charge in [-0.05, 0) is 94.3 Å². The molecule has 0 spiro atoms. The second kappa shape index (κ2) is 17.4. The van der Waals surface area contributed by atoms with E-state index in [0.29, 0.717) is 50.8 Å². The van der Waals surface area contributed by atoms with Crippen LogP contribution >= 0.6 is 10.8 Å². The van der Waals surface area contributed by atoms with Gasteiger partial charge in [-0.15, -0.1) is 10.1 Å². The van der Waals surface area contributed by atoms with E-state index in [1.165, 1.54) is 12.1 Å². The van der Waals surface area contributed by atoms with Gasteiger partial charge in [0.05, 0.1) is 19.6 Å². The van der Waals surface area contributed by atoms with E-state index in [2.05, 4.69) is 4.84 Å². The molecule has 0 radical (unpaired) electrons. The Morgan fingerprint density at radius 3 is 2.43 bits per heavy atom. The molecule has 1 aliphatic rings. The third kappa shape index (κ3) is 11.6. The maximum Gasteiger partial charge on any atom is 0.349 e. The smallest absolute Gasteiger partial charge is 0.349 e. The van der Waals surface area contributed by atoms with Crippen LogP contribution in [-0.4, -0.2) is 80.4 Å². The van der Waals surface area contributed by atoms with E-state index in [4.69, 9.17) is 14.2 Å². The molecule has 0 heterocycles. The quantitative estimate of drug-likeness (QED) is 0.0708. The number of carbonyl (C=O) groups is 2. The van der Waals surface area contributed by atoms with Gasteiger partial charge in [0.2, 0.25) is 6.10 Å². The Morgan fingerprint density at radius 1 is 1.09 bits per heavy atom. The number of rotatable bonds is 18. The Labute approximate surface area is 272 Å². The van der Waals surface area contributed by atoms with E-state index in [-0.39, 0.29) is 38.6 Å². The first-order valence-electron chi connectivity index (χ1n) is 14.0. The van der Waals surface area contributed by atoms with E-state index in [0.717, 1.165) is 17.4 Å². The van der Waals surface area contributed by atoms with Crippen molar-refractivity contribution in [3.05, 3.63) is 80.7 Å². The first-order chi connectivity index (χ1) is 21.7. The van der Waals surface area contributed by atoms with Crippen molar-refractivity contribution in [2.24, 2.45) is 0 Å². The Morgan fingerprint density at radius 2 is 1.78 bits per heavy atom. The first-order valence-corrected chi connectivity index (χ1v) is 18.9. The summed E-state index contributed by atoms with van der Waals surface area (Å²) in [6, 6.07) is 11.4. The summed E-state index contributed by atoms with van der Waals surface area (Å²) in [7, 11) is -3.90. The van der Waals surface area contributed by atoms with Gasteiger partial charge in [0.25, 0.3) is 5.09 Å². The van der Waals surface area contributed by atoms with Crippen molar-refractivity contribution in [3.63, 3.8) is 0 Å². The minimum absolute atomic E-state index is 0.0366. The maximum absolute atomic E-state index is 14.4. The van der Waals surface area contributed by atoms with Crippen LogP contribution in [0.1, 0.15) is 42.9 Å². The van der Waals surface area contributed by atoms with Crippen LogP contribution in [0.15, 0.2) is 52.9 Å². The number of hydrogen-bond donors (Lipinski definition) is 0. The molecule has 2 unspecified atom stereocenters. The number of fused-ring (bicyclic) bond motifs is 1. The molecule has 250 valence electrons. The summed E-state index contributed by atoms with van der Waals surface area (Å²) in [5.41, 5.74) is 3.96. The number of allylic oxidation sites excluding steroid dienone is 2. The van der Waals surface area contributed by atoms with Gasteiger partial charge in [-0.25, -0.2) is 17.6 Å². The SMILES string of the molecule is CC1=C(CC(=O)OC(COCCCCO[N+](=O)[O-])C(=O)OCCSS(C)(=O)=O)c2cc(F)ccc2C1=Cc1ccc(S(C)=O)cc1. The van der Waals surface area contributed by atoms with Crippen LogP contribution in [0.2, 0.25) is 0 Å². The van der Waals surface area contributed by atoms with Crippen molar-refractivity contribution in [2.75, 3.05) is 44.7 Å². The largest absolute Gasteiger partial charge is 0.462 e. The summed E-state index contributed by atoms with van der Waals surface area (Å²) >= 11 is 0. The van der Waals surface area contributed by atoms with Crippen LogP contribution in [-0.2, 0) is 48.3 Å². The van der Waals surface area contributed by atoms with Crippen molar-refractivity contribution in [1.29, 1.82) is 0 Å². The molecule has 12 nitrogen and oxygen atoms in total. The predicted octanol–water partition coefficient (Wildman–Crippen LogP) is 4.43. The summed E-state index contributed by atoms with van der Waals surface area (Å²) in [5, 5.41) is 9.35. The average Bonchev–Trinajstić information content (AvgIpc) is 3.22. The van der Waals surface area contributed by atoms with Gasteiger partial charge in [0.1, 0.15) is 12.4 Å². The maximum atomic E-state index is 14.4. The Bertz CT molecular complexity index is 1620. The zero-order chi connectivity index (χ0) is 33.9. The number of esters is 2. The number of carbonyl (C=O) groups excluding carboxylic acids is 2. The van der Waals surface area contributed by atoms with Crippen LogP contribution < -0.4 is 0 Å². The Kier molecular flexibility index (Phi) is 13.9. The van der Waals surface area contributed by atoms with E-state index in [1.807, 2.05) is 18.2 Å². The molecule has 46 heavy (non-hydrogen) atoms. The van der Waals surface area contributed by atoms with Crippen molar-refractivity contribution in [1.82, 2.24) is 0 Å². The molecule has 0 fully saturated rings. The Hall–Kier alpha value is -3.60. The molecule has 0 saturated heterocycles. The third-order valence-corrected chi connectivity index (χ3v) is 10.1. The fraction of sp³-hybridized carbons (Fsp3) is 0.400. The standard InChI is InChI=1S/C30H34FNO11S3/c1-20-25(16-21-6-9-23(10-7-21)45(2)37)24-11-8-22(31)17-27(24)26(20)18-29(33)43-28(19-40-12-4-5-13-42-32(35)36)30(34)41-14-15-44-46(3,38)39/h6-11,16-17,28H,4-5,12-15,18-19H2,1-3H3. The van der Waals surface area contributed by atoms with Gasteiger partial charge in [0.15, 0.2) is 8.87 Å². The summed E-state index contributed by atoms with van der Waals surface area (Å²) in [6.07, 6.45) is 3.35. The first kappa shape index (κ1) is 36.9. The number of halogens is 1. The van der Waals surface area contributed by atoms with Crippen LogP contribution in [0.5, 0.6) is 0 Å². The van der Waals surface area contributed by atoms with E-state index in [1.54, 1.807) is 31.4 Å². The van der Waals surface area contributed by atoms with Gasteiger partial charge in [-0.3, -0.25) is 9.00 Å². The van der Waals surface area contributed by atoms with Gasteiger partial charge < -0.3 is 19.0 Å².